The number of carbonyl (C=O) groups is 1. The van der Waals surface area contributed by atoms with E-state index in [0.717, 1.165) is 32.1 Å². The third-order valence-corrected chi connectivity index (χ3v) is 7.33. The van der Waals surface area contributed by atoms with Crippen LogP contribution in [0.2, 0.25) is 0 Å². The molecule has 0 spiro atoms. The van der Waals surface area contributed by atoms with Crippen LogP contribution in [0.5, 0.6) is 0 Å². The summed E-state index contributed by atoms with van der Waals surface area (Å²) in [4.78, 5) is 29.5. The summed E-state index contributed by atoms with van der Waals surface area (Å²) >= 11 is 2.84. The topological polar surface area (TPSA) is 104 Å². The van der Waals surface area contributed by atoms with Crippen molar-refractivity contribution in [1.29, 1.82) is 0 Å². The fourth-order valence-corrected chi connectivity index (χ4v) is 3.63. The van der Waals surface area contributed by atoms with Crippen molar-refractivity contribution in [3.8, 4) is 0 Å². The van der Waals surface area contributed by atoms with E-state index in [1.54, 1.807) is 0 Å². The zero-order valence-electron chi connectivity index (χ0n) is 17.1. The first-order chi connectivity index (χ1) is 13.3. The van der Waals surface area contributed by atoms with Crippen molar-refractivity contribution in [1.82, 2.24) is 0 Å². The molecule has 0 saturated carbocycles. The predicted molar refractivity (Wildman–Crippen MR) is 117 cm³/mol. The highest BCUT2D eigenvalue weighted by Crippen LogP contribution is 2.46. The molecule has 8 heteroatoms. The van der Waals surface area contributed by atoms with E-state index in [4.69, 9.17) is 14.5 Å². The molecule has 6 nitrogen and oxygen atoms in total. The SMILES string of the molecule is CCCCCC/C=C\CCCCCCCC(=O)OC[C@@H](O)CC(Br)P(=O)(O)O. The van der Waals surface area contributed by atoms with E-state index < -0.39 is 18.3 Å². The Labute approximate surface area is 178 Å². The minimum absolute atomic E-state index is 0.176. The van der Waals surface area contributed by atoms with Gasteiger partial charge >= 0.3 is 13.6 Å². The monoisotopic (exact) mass is 484 g/mol. The molecule has 0 aliphatic heterocycles. The van der Waals surface area contributed by atoms with E-state index in [2.05, 4.69) is 35.0 Å². The van der Waals surface area contributed by atoms with E-state index in [1.807, 2.05) is 0 Å². The Morgan fingerprint density at radius 3 is 2.11 bits per heavy atom. The minimum atomic E-state index is -4.29. The lowest BCUT2D eigenvalue weighted by Crippen LogP contribution is -2.22. The first kappa shape index (κ1) is 27.8. The zero-order valence-corrected chi connectivity index (χ0v) is 19.6. The fourth-order valence-electron chi connectivity index (χ4n) is 2.68. The number of esters is 1. The Hall–Kier alpha value is -0.200. The van der Waals surface area contributed by atoms with Gasteiger partial charge in [-0.25, -0.2) is 0 Å². The predicted octanol–water partition coefficient (Wildman–Crippen LogP) is 5.44. The summed E-state index contributed by atoms with van der Waals surface area (Å²) in [6.07, 6.45) is 16.3. The molecule has 0 radical (unpaired) electrons. The Balaban J connectivity index is 3.50. The number of unbranched alkanes of at least 4 members (excludes halogenated alkanes) is 9. The lowest BCUT2D eigenvalue weighted by atomic mass is 10.1. The Bertz CT molecular complexity index is 466. The number of alkyl halides is 1. The van der Waals surface area contributed by atoms with Gasteiger partial charge in [-0.05, 0) is 32.1 Å². The molecule has 0 aromatic heterocycles. The fraction of sp³-hybridized carbons (Fsp3) is 0.850. The normalized spacial score (nSPS) is 14.3. The molecule has 0 fully saturated rings. The number of halogens is 1. The Morgan fingerprint density at radius 1 is 1.00 bits per heavy atom. The second-order valence-corrected chi connectivity index (χ2v) is 10.8. The number of hydrogen-bond acceptors (Lipinski definition) is 4. The summed E-state index contributed by atoms with van der Waals surface area (Å²) in [5.74, 6) is -0.382. The van der Waals surface area contributed by atoms with Crippen molar-refractivity contribution in [2.45, 2.75) is 101 Å². The molecule has 0 aliphatic rings. The number of aliphatic hydroxyl groups is 1. The zero-order chi connectivity index (χ0) is 21.3. The van der Waals surface area contributed by atoms with Gasteiger partial charge in [0.05, 0.1) is 6.10 Å². The van der Waals surface area contributed by atoms with Crippen molar-refractivity contribution in [2.24, 2.45) is 0 Å². The van der Waals surface area contributed by atoms with Gasteiger partial charge in [-0.1, -0.05) is 73.5 Å². The van der Waals surface area contributed by atoms with Crippen molar-refractivity contribution >= 4 is 29.5 Å². The number of rotatable bonds is 18. The number of allylic oxidation sites excluding steroid dienone is 2. The van der Waals surface area contributed by atoms with Gasteiger partial charge < -0.3 is 19.6 Å². The van der Waals surface area contributed by atoms with Gasteiger partial charge in [0.2, 0.25) is 0 Å². The first-order valence-corrected chi connectivity index (χ1v) is 13.0. The molecule has 0 saturated heterocycles. The number of aliphatic hydroxyl groups excluding tert-OH is 1. The van der Waals surface area contributed by atoms with Gasteiger partial charge in [0, 0.05) is 12.8 Å². The summed E-state index contributed by atoms with van der Waals surface area (Å²) in [6.45, 7) is 1.98. The van der Waals surface area contributed by atoms with Crippen molar-refractivity contribution in [3.63, 3.8) is 0 Å². The molecule has 0 heterocycles. The van der Waals surface area contributed by atoms with Crippen LogP contribution in [0, 0.1) is 0 Å². The van der Waals surface area contributed by atoms with Crippen LogP contribution in [-0.2, 0) is 14.1 Å². The first-order valence-electron chi connectivity index (χ1n) is 10.4. The maximum atomic E-state index is 11.6. The largest absolute Gasteiger partial charge is 0.463 e. The second-order valence-electron chi connectivity index (χ2n) is 7.22. The number of carbonyl (C=O) groups excluding carboxylic acids is 1. The van der Waals surface area contributed by atoms with Gasteiger partial charge in [-0.2, -0.15) is 0 Å². The van der Waals surface area contributed by atoms with Gasteiger partial charge in [0.1, 0.15) is 11.2 Å². The molecule has 166 valence electrons. The molecule has 1 unspecified atom stereocenters. The molecule has 28 heavy (non-hydrogen) atoms. The number of hydrogen-bond donors (Lipinski definition) is 3. The quantitative estimate of drug-likeness (QED) is 0.0786. The standard InChI is InChI=1S/C20H38BrO6P/c1-2-3-4-5-6-7-8-9-10-11-12-13-14-15-20(23)27-17-18(22)16-19(21)28(24,25)26/h7-8,18-19,22H,2-6,9-17H2,1H3,(H2,24,25,26)/b8-7-/t18-,19?/m0/s1. The lowest BCUT2D eigenvalue weighted by molar-refractivity contribution is -0.146. The highest BCUT2D eigenvalue weighted by Gasteiger charge is 2.28. The maximum Gasteiger partial charge on any atom is 0.339 e. The van der Waals surface area contributed by atoms with Crippen molar-refractivity contribution < 1.29 is 29.0 Å². The summed E-state index contributed by atoms with van der Waals surface area (Å²) in [5.41, 5.74) is 0. The third-order valence-electron chi connectivity index (χ3n) is 4.41. The van der Waals surface area contributed by atoms with E-state index in [0.29, 0.717) is 6.42 Å². The third kappa shape index (κ3) is 17.9. The van der Waals surface area contributed by atoms with Crippen LogP contribution in [0.15, 0.2) is 12.2 Å². The van der Waals surface area contributed by atoms with Crippen LogP contribution < -0.4 is 0 Å². The molecular weight excluding hydrogens is 447 g/mol. The average Bonchev–Trinajstić information content (AvgIpc) is 2.63. The molecule has 0 amide bonds. The van der Waals surface area contributed by atoms with Crippen LogP contribution >= 0.6 is 23.5 Å². The van der Waals surface area contributed by atoms with Crippen molar-refractivity contribution in [2.75, 3.05) is 6.61 Å². The highest BCUT2D eigenvalue weighted by atomic mass is 79.9. The van der Waals surface area contributed by atoms with Gasteiger partial charge in [0.25, 0.3) is 0 Å². The molecule has 0 bridgehead atoms. The second kappa shape index (κ2) is 17.6. The number of ether oxygens (including phenoxy) is 1. The summed E-state index contributed by atoms with van der Waals surface area (Å²) in [7, 11) is -4.29. The summed E-state index contributed by atoms with van der Waals surface area (Å²) in [6, 6.07) is 0. The van der Waals surface area contributed by atoms with E-state index in [-0.39, 0.29) is 19.0 Å². The van der Waals surface area contributed by atoms with Crippen LogP contribution in [0.1, 0.15) is 90.4 Å². The molecule has 0 rings (SSSR count). The van der Waals surface area contributed by atoms with Crippen LogP contribution in [-0.4, -0.2) is 38.1 Å². The van der Waals surface area contributed by atoms with Gasteiger partial charge in [-0.3, -0.25) is 9.36 Å². The van der Waals surface area contributed by atoms with Crippen LogP contribution in [0.25, 0.3) is 0 Å². The Morgan fingerprint density at radius 2 is 1.54 bits per heavy atom. The summed E-state index contributed by atoms with van der Waals surface area (Å²) < 4.78 is 14.8. The van der Waals surface area contributed by atoms with Crippen LogP contribution in [0.3, 0.4) is 0 Å². The van der Waals surface area contributed by atoms with E-state index in [1.165, 1.54) is 38.5 Å². The van der Waals surface area contributed by atoms with Gasteiger partial charge in [-0.15, -0.1) is 0 Å². The molecular formula is C20H38BrO6P. The molecule has 2 atom stereocenters. The smallest absolute Gasteiger partial charge is 0.339 e. The molecule has 0 aromatic carbocycles. The lowest BCUT2D eigenvalue weighted by Gasteiger charge is -2.16. The molecule has 0 aromatic rings. The summed E-state index contributed by atoms with van der Waals surface area (Å²) in [5, 5.41) is 9.66. The van der Waals surface area contributed by atoms with E-state index >= 15 is 0 Å². The van der Waals surface area contributed by atoms with E-state index in [9.17, 15) is 14.5 Å². The highest BCUT2D eigenvalue weighted by molar-refractivity contribution is 9.10. The average molecular weight is 485 g/mol. The van der Waals surface area contributed by atoms with Crippen LogP contribution in [0.4, 0.5) is 0 Å². The Kier molecular flexibility index (Phi) is 17.5. The van der Waals surface area contributed by atoms with Gasteiger partial charge in [0.15, 0.2) is 0 Å². The molecule has 0 aliphatic carbocycles. The maximum absolute atomic E-state index is 11.6. The molecule has 3 N–H and O–H groups in total. The minimum Gasteiger partial charge on any atom is -0.463 e. The van der Waals surface area contributed by atoms with Crippen molar-refractivity contribution in [3.05, 3.63) is 12.2 Å².